The summed E-state index contributed by atoms with van der Waals surface area (Å²) in [6.45, 7) is 15.9. The van der Waals surface area contributed by atoms with Gasteiger partial charge in [-0.15, -0.1) is 0 Å². The van der Waals surface area contributed by atoms with E-state index in [1.807, 2.05) is 40.3 Å². The van der Waals surface area contributed by atoms with Crippen molar-refractivity contribution in [1.82, 2.24) is 9.13 Å². The van der Waals surface area contributed by atoms with E-state index in [2.05, 4.69) is 10.9 Å². The fourth-order valence-electron chi connectivity index (χ4n) is 13.0. The molecule has 0 unspecified atom stereocenters. The van der Waals surface area contributed by atoms with Gasteiger partial charge >= 0.3 is 24.7 Å². The van der Waals surface area contributed by atoms with E-state index in [0.29, 0.717) is 122 Å². The highest BCUT2D eigenvalue weighted by atomic mass is 19.4. The molecule has 93 heavy (non-hydrogen) atoms. The van der Waals surface area contributed by atoms with Gasteiger partial charge in [0.25, 0.3) is 0 Å². The van der Waals surface area contributed by atoms with E-state index in [1.54, 1.807) is 143 Å². The molecule has 460 valence electrons. The maximum Gasteiger partial charge on any atom is 0.417 e. The maximum atomic E-state index is 15.0. The molecule has 16 heteroatoms. The molecule has 0 fully saturated rings. The van der Waals surface area contributed by atoms with Gasteiger partial charge < -0.3 is 9.13 Å². The van der Waals surface area contributed by atoms with Crippen molar-refractivity contribution < 1.29 is 52.7 Å². The molecule has 2 heterocycles. The van der Waals surface area contributed by atoms with Gasteiger partial charge in [-0.3, -0.25) is 0 Å². The molecule has 0 N–H and O–H groups in total. The van der Waals surface area contributed by atoms with E-state index in [9.17, 15) is 57.9 Å². The molecule has 0 saturated heterocycles. The van der Waals surface area contributed by atoms with Gasteiger partial charge in [0.1, 0.15) is 0 Å². The third-order valence-corrected chi connectivity index (χ3v) is 17.4. The van der Waals surface area contributed by atoms with Gasteiger partial charge in [-0.1, -0.05) is 102 Å². The number of rotatable bonds is 8. The Hall–Kier alpha value is -10.8. The first kappa shape index (κ1) is 61.0. The van der Waals surface area contributed by atoms with Gasteiger partial charge in [0.2, 0.25) is 0 Å². The number of benzene rings is 11. The molecule has 0 aliphatic heterocycles. The summed E-state index contributed by atoms with van der Waals surface area (Å²) < 4.78 is 178. The van der Waals surface area contributed by atoms with Gasteiger partial charge in [0, 0.05) is 32.7 Å². The standard InChI is InChI=1S/C77H48F12N4/c1-41-7-18-58(66(29-41)76(84,85)86)50-13-27-72-64(38-50)62-36-47(55-20-15-52(31-43(55)3)74(78,79)80)10-25-70(62)92(72)68-23-9-46(40-90)34-60(68)61-35-49(57-22-17-54(91-6)33-45(57)5)12-24-69(61)93-71-26-11-48(56-21-16-53(32-44(56)4)75(81,82)83)37-63(71)65-39-51(14-28-73(65)93)59-19-8-42(2)30-67(59)77(87,88)89/h7-39H,1-5H3. The van der Waals surface area contributed by atoms with Crippen LogP contribution in [0.5, 0.6) is 0 Å². The number of hydrogen-bond acceptors (Lipinski definition) is 1. The summed E-state index contributed by atoms with van der Waals surface area (Å²) >= 11 is 0. The first-order valence-corrected chi connectivity index (χ1v) is 29.1. The van der Waals surface area contributed by atoms with Crippen molar-refractivity contribution in [3.63, 3.8) is 0 Å². The number of fused-ring (bicyclic) bond motifs is 6. The zero-order valence-corrected chi connectivity index (χ0v) is 49.9. The van der Waals surface area contributed by atoms with Gasteiger partial charge in [-0.05, 0) is 217 Å². The highest BCUT2D eigenvalue weighted by Gasteiger charge is 2.37. The lowest BCUT2D eigenvalue weighted by atomic mass is 9.93. The molecule has 0 amide bonds. The molecule has 0 bridgehead atoms. The summed E-state index contributed by atoms with van der Waals surface area (Å²) in [5.74, 6) is 0. The van der Waals surface area contributed by atoms with Crippen LogP contribution < -0.4 is 0 Å². The minimum Gasteiger partial charge on any atom is -0.309 e. The summed E-state index contributed by atoms with van der Waals surface area (Å²) in [6, 6.07) is 53.9. The van der Waals surface area contributed by atoms with E-state index in [4.69, 9.17) is 6.57 Å². The molecule has 2 aromatic heterocycles. The summed E-state index contributed by atoms with van der Waals surface area (Å²) in [5, 5.41) is 12.8. The summed E-state index contributed by atoms with van der Waals surface area (Å²) in [6.07, 6.45) is -18.7. The molecule has 0 aliphatic rings. The minimum atomic E-state index is -4.75. The van der Waals surface area contributed by atoms with Crippen LogP contribution in [0.2, 0.25) is 0 Å². The normalized spacial score (nSPS) is 12.3. The van der Waals surface area contributed by atoms with E-state index in [0.717, 1.165) is 47.5 Å². The lowest BCUT2D eigenvalue weighted by Crippen LogP contribution is -2.07. The second-order valence-electron chi connectivity index (χ2n) is 23.4. The van der Waals surface area contributed by atoms with Crippen LogP contribution in [-0.2, 0) is 24.7 Å². The molecule has 4 nitrogen and oxygen atoms in total. The van der Waals surface area contributed by atoms with E-state index >= 15 is 0 Å². The van der Waals surface area contributed by atoms with Crippen LogP contribution in [-0.4, -0.2) is 9.13 Å². The van der Waals surface area contributed by atoms with Crippen molar-refractivity contribution in [2.75, 3.05) is 0 Å². The van der Waals surface area contributed by atoms with E-state index in [-0.39, 0.29) is 27.8 Å². The molecule has 0 spiro atoms. The van der Waals surface area contributed by atoms with Crippen molar-refractivity contribution in [2.24, 2.45) is 0 Å². The molecule has 0 saturated carbocycles. The summed E-state index contributed by atoms with van der Waals surface area (Å²) in [7, 11) is 0. The number of nitrogens with zero attached hydrogens (tertiary/aromatic N) is 4. The Balaban J connectivity index is 1.12. The fraction of sp³-hybridized carbons (Fsp3) is 0.117. The SMILES string of the molecule is [C-]#[N+]c1ccc(-c2ccc(-n3c4ccc(-c5ccc(C(F)(F)F)cc5C)cc4c4cc(-c5ccc(C)cc5C(F)(F)F)ccc43)c(-c3cc(C#N)ccc3-n3c4ccc(-c5ccc(C(F)(F)F)cc5C)cc4c4cc(-c5ccc(C)cc5C(F)(F)F)ccc43)c2)c(C)c1. The zero-order valence-electron chi connectivity index (χ0n) is 49.9. The highest BCUT2D eigenvalue weighted by Crippen LogP contribution is 2.48. The molecule has 13 rings (SSSR count). The molecule has 0 atom stereocenters. The number of hydrogen-bond donors (Lipinski definition) is 0. The maximum absolute atomic E-state index is 15.0. The second-order valence-corrected chi connectivity index (χ2v) is 23.4. The third kappa shape index (κ3) is 10.9. The highest BCUT2D eigenvalue weighted by molar-refractivity contribution is 6.14. The first-order valence-electron chi connectivity index (χ1n) is 29.1. The van der Waals surface area contributed by atoms with Gasteiger partial charge in [-0.25, -0.2) is 4.85 Å². The Morgan fingerprint density at radius 3 is 1.04 bits per heavy atom. The van der Waals surface area contributed by atoms with Gasteiger partial charge in [0.05, 0.1) is 73.9 Å². The lowest BCUT2D eigenvalue weighted by molar-refractivity contribution is -0.138. The quantitative estimate of drug-likeness (QED) is 0.110. The fourth-order valence-corrected chi connectivity index (χ4v) is 13.0. The lowest BCUT2D eigenvalue weighted by Gasteiger charge is -2.21. The monoisotopic (exact) mass is 1260 g/mol. The minimum absolute atomic E-state index is 0.0900. The Kier molecular flexibility index (Phi) is 14.6. The average molecular weight is 1260 g/mol. The van der Waals surface area contributed by atoms with Crippen molar-refractivity contribution in [1.29, 1.82) is 5.26 Å². The summed E-state index contributed by atoms with van der Waals surface area (Å²) in [5.41, 5.74) is 6.96. The van der Waals surface area contributed by atoms with Crippen molar-refractivity contribution in [3.8, 4) is 84.2 Å². The Morgan fingerprint density at radius 1 is 0.333 bits per heavy atom. The van der Waals surface area contributed by atoms with Crippen molar-refractivity contribution in [3.05, 3.63) is 267 Å². The predicted octanol–water partition coefficient (Wildman–Crippen LogP) is 23.9. The number of halogens is 12. The predicted molar refractivity (Wildman–Crippen MR) is 342 cm³/mol. The topological polar surface area (TPSA) is 38.0 Å². The number of nitriles is 1. The molecule has 0 radical (unpaired) electrons. The van der Waals surface area contributed by atoms with Crippen LogP contribution in [0.3, 0.4) is 0 Å². The Labute approximate surface area is 524 Å². The Morgan fingerprint density at radius 2 is 0.677 bits per heavy atom. The van der Waals surface area contributed by atoms with E-state index in [1.165, 1.54) is 24.3 Å². The molecule has 0 aliphatic carbocycles. The number of aromatic nitrogens is 2. The van der Waals surface area contributed by atoms with Crippen molar-refractivity contribution in [2.45, 2.75) is 59.3 Å². The van der Waals surface area contributed by atoms with Gasteiger partial charge in [0.15, 0.2) is 5.69 Å². The van der Waals surface area contributed by atoms with Crippen LogP contribution in [0, 0.1) is 52.5 Å². The third-order valence-electron chi connectivity index (χ3n) is 17.4. The van der Waals surface area contributed by atoms with Crippen LogP contribution in [0.1, 0.15) is 55.6 Å². The molecular formula is C77H48F12N4. The zero-order chi connectivity index (χ0) is 66.0. The smallest absolute Gasteiger partial charge is 0.309 e. The Bertz CT molecular complexity index is 5370. The van der Waals surface area contributed by atoms with Crippen LogP contribution in [0.15, 0.2) is 200 Å². The molecular weight excluding hydrogens is 1210 g/mol. The average Bonchev–Trinajstić information content (AvgIpc) is 1.59. The van der Waals surface area contributed by atoms with Crippen molar-refractivity contribution >= 4 is 49.3 Å². The largest absolute Gasteiger partial charge is 0.417 e. The van der Waals surface area contributed by atoms with E-state index < -0.39 is 47.0 Å². The second kappa shape index (κ2) is 22.2. The first-order chi connectivity index (χ1) is 44.1. The summed E-state index contributed by atoms with van der Waals surface area (Å²) in [4.78, 5) is 3.64. The molecule has 11 aromatic carbocycles. The van der Waals surface area contributed by atoms with Crippen LogP contribution >= 0.6 is 0 Å². The van der Waals surface area contributed by atoms with Crippen LogP contribution in [0.4, 0.5) is 58.4 Å². The van der Waals surface area contributed by atoms with Crippen LogP contribution in [0.25, 0.3) is 127 Å². The number of aryl methyl sites for hydroxylation is 5. The molecule has 13 aromatic rings. The van der Waals surface area contributed by atoms with Gasteiger partial charge in [-0.2, -0.15) is 57.9 Å². The number of alkyl halides is 12.